The van der Waals surface area contributed by atoms with E-state index in [2.05, 4.69) is 13.8 Å². The molecule has 168 valence electrons. The standard InChI is InChI=1S/C26H45NO.ClH/c1-24(2)20-16-13-11-9-7-5-3-4-6-8-10-12-14-19-23-26(28)27-25-21-17-15-18-22-25;/h15,17-18,21-22,24H,3-14,16,19-20,23H2,1-2H3,(H,27,28);1H. The zero-order chi connectivity index (χ0) is 20.3. The van der Waals surface area contributed by atoms with Crippen LogP contribution >= 0.6 is 0 Å². The van der Waals surface area contributed by atoms with E-state index in [9.17, 15) is 4.79 Å². The Labute approximate surface area is 187 Å². The molecule has 0 spiro atoms. The van der Waals surface area contributed by atoms with Crippen LogP contribution in [0, 0.1) is 5.92 Å². The van der Waals surface area contributed by atoms with Gasteiger partial charge in [0.1, 0.15) is 5.69 Å². The van der Waals surface area contributed by atoms with Crippen LogP contribution in [0.25, 0.3) is 0 Å². The zero-order valence-corrected chi connectivity index (χ0v) is 19.9. The van der Waals surface area contributed by atoms with Gasteiger partial charge in [0.2, 0.25) is 0 Å². The molecule has 1 aromatic rings. The molecule has 0 aromatic heterocycles. The molecule has 3 heteroatoms. The number of para-hydroxylation sites is 1. The van der Waals surface area contributed by atoms with Gasteiger partial charge in [-0.15, -0.1) is 0 Å². The highest BCUT2D eigenvalue weighted by atomic mass is 35.5. The smallest absolute Gasteiger partial charge is 0.315 e. The molecule has 0 unspecified atom stereocenters. The van der Waals surface area contributed by atoms with Crippen LogP contribution in [-0.4, -0.2) is 5.91 Å². The van der Waals surface area contributed by atoms with Gasteiger partial charge in [-0.1, -0.05) is 122 Å². The molecule has 1 rings (SSSR count). The number of carbonyl (C=O) groups is 1. The number of unbranched alkanes of at least 4 members (excludes halogenated alkanes) is 13. The highest BCUT2D eigenvalue weighted by Gasteiger charge is 2.06. The van der Waals surface area contributed by atoms with E-state index in [0.29, 0.717) is 6.42 Å². The number of carbonyl (C=O) groups excluding carboxylic acids is 1. The van der Waals surface area contributed by atoms with Crippen molar-refractivity contribution >= 4 is 11.6 Å². The number of hydrogen-bond acceptors (Lipinski definition) is 1. The van der Waals surface area contributed by atoms with Gasteiger partial charge in [-0.2, -0.15) is 0 Å². The van der Waals surface area contributed by atoms with E-state index in [1.54, 1.807) is 5.32 Å². The van der Waals surface area contributed by atoms with Crippen LogP contribution in [0.5, 0.6) is 0 Å². The van der Waals surface area contributed by atoms with Gasteiger partial charge in [-0.25, -0.2) is 4.79 Å². The lowest BCUT2D eigenvalue weighted by molar-refractivity contribution is -0.484. The molecule has 0 aliphatic carbocycles. The lowest BCUT2D eigenvalue weighted by Gasteiger charge is -2.05. The van der Waals surface area contributed by atoms with Crippen molar-refractivity contribution in [3.63, 3.8) is 0 Å². The molecule has 0 aliphatic heterocycles. The van der Waals surface area contributed by atoms with Gasteiger partial charge >= 0.3 is 5.91 Å². The van der Waals surface area contributed by atoms with E-state index in [1.165, 1.54) is 89.9 Å². The average Bonchev–Trinajstić information content (AvgIpc) is 2.68. The van der Waals surface area contributed by atoms with Gasteiger partial charge in [0.25, 0.3) is 0 Å². The molecule has 1 aromatic carbocycles. The minimum Gasteiger partial charge on any atom is -1.00 e. The summed E-state index contributed by atoms with van der Waals surface area (Å²) in [6.07, 6.45) is 21.2. The molecule has 0 atom stereocenters. The third-order valence-electron chi connectivity index (χ3n) is 5.58. The maximum Gasteiger partial charge on any atom is 0.315 e. The molecule has 29 heavy (non-hydrogen) atoms. The van der Waals surface area contributed by atoms with Crippen molar-refractivity contribution in [2.45, 2.75) is 117 Å². The fourth-order valence-corrected chi connectivity index (χ4v) is 3.78. The monoisotopic (exact) mass is 423 g/mol. The van der Waals surface area contributed by atoms with Crippen molar-refractivity contribution < 1.29 is 22.5 Å². The fourth-order valence-electron chi connectivity index (χ4n) is 3.78. The largest absolute Gasteiger partial charge is 1.00 e. The first-order valence-electron chi connectivity index (χ1n) is 12.1. The molecule has 0 heterocycles. The molecular weight excluding hydrogens is 378 g/mol. The second-order valence-corrected chi connectivity index (χ2v) is 8.90. The Morgan fingerprint density at radius 2 is 1.10 bits per heavy atom. The first-order chi connectivity index (χ1) is 13.7. The average molecular weight is 424 g/mol. The van der Waals surface area contributed by atoms with Crippen molar-refractivity contribution in [2.24, 2.45) is 5.92 Å². The van der Waals surface area contributed by atoms with Gasteiger partial charge in [-0.05, 0) is 24.5 Å². The number of primary amides is 1. The molecular formula is C26H46ClNO. The number of rotatable bonds is 18. The summed E-state index contributed by atoms with van der Waals surface area (Å²) in [6.45, 7) is 4.65. The van der Waals surface area contributed by atoms with Crippen molar-refractivity contribution in [3.05, 3.63) is 30.3 Å². The predicted molar refractivity (Wildman–Crippen MR) is 122 cm³/mol. The Morgan fingerprint density at radius 1 is 0.690 bits per heavy atom. The zero-order valence-electron chi connectivity index (χ0n) is 19.1. The molecule has 2 nitrogen and oxygen atoms in total. The van der Waals surface area contributed by atoms with E-state index in [4.69, 9.17) is 0 Å². The van der Waals surface area contributed by atoms with Crippen LogP contribution in [-0.2, 0) is 4.79 Å². The second kappa shape index (κ2) is 20.4. The number of benzene rings is 1. The van der Waals surface area contributed by atoms with Crippen LogP contribution in [0.4, 0.5) is 5.69 Å². The Hall–Kier alpha value is -0.860. The van der Waals surface area contributed by atoms with Gasteiger partial charge in [0.05, 0.1) is 6.42 Å². The minimum absolute atomic E-state index is 0. The number of hydrogen-bond donors (Lipinski definition) is 1. The van der Waals surface area contributed by atoms with E-state index < -0.39 is 0 Å². The second-order valence-electron chi connectivity index (χ2n) is 8.90. The lowest BCUT2D eigenvalue weighted by Crippen LogP contribution is -3.00. The molecule has 0 bridgehead atoms. The molecule has 2 N–H and O–H groups in total. The summed E-state index contributed by atoms with van der Waals surface area (Å²) < 4.78 is 0. The summed E-state index contributed by atoms with van der Waals surface area (Å²) in [6, 6.07) is 9.93. The SMILES string of the molecule is CC(C)CCCCCCCCCCCCCCCCC(=O)[NH2+]c1ccccc1.[Cl-]. The molecule has 0 saturated heterocycles. The van der Waals surface area contributed by atoms with Gasteiger partial charge in [0.15, 0.2) is 0 Å². The van der Waals surface area contributed by atoms with Crippen molar-refractivity contribution in [3.8, 4) is 0 Å². The van der Waals surface area contributed by atoms with E-state index in [1.807, 2.05) is 30.3 Å². The molecule has 0 fully saturated rings. The topological polar surface area (TPSA) is 33.7 Å². The first kappa shape index (κ1) is 28.1. The summed E-state index contributed by atoms with van der Waals surface area (Å²) in [5.41, 5.74) is 1.03. The van der Waals surface area contributed by atoms with Gasteiger partial charge in [0, 0.05) is 0 Å². The van der Waals surface area contributed by atoms with Crippen LogP contribution in [0.2, 0.25) is 0 Å². The highest BCUT2D eigenvalue weighted by molar-refractivity contribution is 5.67. The third-order valence-corrected chi connectivity index (χ3v) is 5.58. The Morgan fingerprint density at radius 3 is 1.55 bits per heavy atom. The van der Waals surface area contributed by atoms with Gasteiger partial charge < -0.3 is 12.4 Å². The first-order valence-corrected chi connectivity index (χ1v) is 12.1. The van der Waals surface area contributed by atoms with E-state index in [0.717, 1.165) is 18.0 Å². The maximum absolute atomic E-state index is 11.9. The Bertz CT molecular complexity index is 475. The quantitative estimate of drug-likeness (QED) is 0.277. The normalized spacial score (nSPS) is 10.9. The number of halogens is 1. The number of nitrogens with two attached hydrogens (primary N) is 1. The Kier molecular flexibility index (Phi) is 19.8. The molecule has 0 saturated carbocycles. The summed E-state index contributed by atoms with van der Waals surface area (Å²) in [5.74, 6) is 1.15. The Balaban J connectivity index is 0.00000784. The highest BCUT2D eigenvalue weighted by Crippen LogP contribution is 2.14. The maximum atomic E-state index is 11.9. The van der Waals surface area contributed by atoms with E-state index >= 15 is 0 Å². The van der Waals surface area contributed by atoms with Crippen molar-refractivity contribution in [2.75, 3.05) is 0 Å². The molecule has 0 aliphatic rings. The number of amides is 1. The summed E-state index contributed by atoms with van der Waals surface area (Å²) >= 11 is 0. The van der Waals surface area contributed by atoms with Crippen LogP contribution in [0.3, 0.4) is 0 Å². The third kappa shape index (κ3) is 18.9. The molecule has 1 amide bonds. The summed E-state index contributed by atoms with van der Waals surface area (Å²) in [5, 5.41) is 1.78. The van der Waals surface area contributed by atoms with Crippen molar-refractivity contribution in [1.82, 2.24) is 0 Å². The van der Waals surface area contributed by atoms with Crippen LogP contribution in [0.1, 0.15) is 117 Å². The van der Waals surface area contributed by atoms with Crippen molar-refractivity contribution in [1.29, 1.82) is 0 Å². The van der Waals surface area contributed by atoms with Crippen LogP contribution < -0.4 is 17.7 Å². The van der Waals surface area contributed by atoms with Crippen LogP contribution in [0.15, 0.2) is 30.3 Å². The lowest BCUT2D eigenvalue weighted by atomic mass is 10.0. The molecule has 0 radical (unpaired) electrons. The van der Waals surface area contributed by atoms with E-state index in [-0.39, 0.29) is 18.3 Å². The minimum atomic E-state index is 0. The summed E-state index contributed by atoms with van der Waals surface area (Å²) in [4.78, 5) is 11.9. The fraction of sp³-hybridized carbons (Fsp3) is 0.731. The number of quaternary nitrogens is 1. The van der Waals surface area contributed by atoms with Gasteiger partial charge in [-0.3, -0.25) is 5.32 Å². The predicted octanol–water partition coefficient (Wildman–Crippen LogP) is 4.31. The summed E-state index contributed by atoms with van der Waals surface area (Å²) in [7, 11) is 0.